The first-order valence-electron chi connectivity index (χ1n) is 10.1. The molecule has 1 fully saturated rings. The first-order chi connectivity index (χ1) is 15.3. The molecule has 0 saturated carbocycles. The molecule has 32 heavy (non-hydrogen) atoms. The van der Waals surface area contributed by atoms with Crippen LogP contribution in [0, 0.1) is 5.82 Å². The number of hydrogen-bond donors (Lipinski definition) is 1. The van der Waals surface area contributed by atoms with E-state index in [0.29, 0.717) is 37.4 Å². The fourth-order valence-electron chi connectivity index (χ4n) is 3.46. The maximum atomic E-state index is 13.8. The van der Waals surface area contributed by atoms with E-state index in [0.717, 1.165) is 12.1 Å². The van der Waals surface area contributed by atoms with E-state index in [-0.39, 0.29) is 18.3 Å². The summed E-state index contributed by atoms with van der Waals surface area (Å²) in [5.74, 6) is -0.826. The van der Waals surface area contributed by atoms with Crippen molar-refractivity contribution in [2.45, 2.75) is 12.2 Å². The van der Waals surface area contributed by atoms with Gasteiger partial charge < -0.3 is 14.8 Å². The van der Waals surface area contributed by atoms with Gasteiger partial charge in [0.15, 0.2) is 11.6 Å². The molecule has 0 aromatic heterocycles. The van der Waals surface area contributed by atoms with Crippen LogP contribution in [-0.2, 0) is 15.7 Å². The molecular weight excluding hydrogens is 428 g/mol. The lowest BCUT2D eigenvalue weighted by molar-refractivity contribution is -0.137. The molecule has 0 spiro atoms. The van der Waals surface area contributed by atoms with Crippen molar-refractivity contribution in [2.24, 2.45) is 0 Å². The number of ether oxygens (including phenoxy) is 2. The van der Waals surface area contributed by atoms with Crippen LogP contribution in [0.5, 0.6) is 5.75 Å². The summed E-state index contributed by atoms with van der Waals surface area (Å²) in [5, 5.41) is 2.78. The molecule has 1 unspecified atom stereocenters. The number of rotatable bonds is 7. The van der Waals surface area contributed by atoms with Gasteiger partial charge in [-0.15, -0.1) is 0 Å². The summed E-state index contributed by atoms with van der Waals surface area (Å²) in [6.45, 7) is 2.42. The second-order valence-electron chi connectivity index (χ2n) is 7.26. The fraction of sp³-hybridized carbons (Fsp3) is 0.348. The van der Waals surface area contributed by atoms with E-state index in [2.05, 4.69) is 10.2 Å². The normalized spacial score (nSPS) is 16.2. The number of benzene rings is 2. The van der Waals surface area contributed by atoms with Gasteiger partial charge in [0.25, 0.3) is 0 Å². The van der Waals surface area contributed by atoms with Crippen LogP contribution < -0.4 is 10.1 Å². The molecule has 1 aliphatic heterocycles. The molecule has 0 radical (unpaired) electrons. The predicted molar refractivity (Wildman–Crippen MR) is 112 cm³/mol. The summed E-state index contributed by atoms with van der Waals surface area (Å²) in [6.07, 6.45) is -1.66. The third-order valence-electron chi connectivity index (χ3n) is 5.18. The van der Waals surface area contributed by atoms with Crippen LogP contribution in [-0.4, -0.2) is 50.8 Å². The lowest BCUT2D eigenvalue weighted by Crippen LogP contribution is -2.43. The van der Waals surface area contributed by atoms with Crippen molar-refractivity contribution in [3.05, 3.63) is 71.0 Å². The predicted octanol–water partition coefficient (Wildman–Crippen LogP) is 4.06. The van der Waals surface area contributed by atoms with E-state index < -0.39 is 23.5 Å². The topological polar surface area (TPSA) is 50.8 Å². The number of nitrogens with one attached hydrogen (secondary N) is 1. The molecule has 1 heterocycles. The Morgan fingerprint density at radius 2 is 1.88 bits per heavy atom. The molecule has 1 saturated heterocycles. The highest BCUT2D eigenvalue weighted by Gasteiger charge is 2.31. The first-order valence-corrected chi connectivity index (χ1v) is 10.1. The Morgan fingerprint density at radius 3 is 2.47 bits per heavy atom. The highest BCUT2D eigenvalue weighted by molar-refractivity contribution is 5.91. The number of morpholine rings is 1. The molecule has 1 amide bonds. The molecule has 9 heteroatoms. The van der Waals surface area contributed by atoms with Crippen LogP contribution in [0.4, 0.5) is 17.6 Å². The van der Waals surface area contributed by atoms with Crippen molar-refractivity contribution in [1.82, 2.24) is 10.2 Å². The van der Waals surface area contributed by atoms with Crippen molar-refractivity contribution in [3.8, 4) is 5.75 Å². The summed E-state index contributed by atoms with van der Waals surface area (Å²) in [5.41, 5.74) is 0.438. The summed E-state index contributed by atoms with van der Waals surface area (Å²) in [6, 6.07) is 8.98. The quantitative estimate of drug-likeness (QED) is 0.509. The van der Waals surface area contributed by atoms with E-state index in [1.54, 1.807) is 6.07 Å². The van der Waals surface area contributed by atoms with E-state index in [1.807, 2.05) is 0 Å². The van der Waals surface area contributed by atoms with Crippen molar-refractivity contribution in [1.29, 1.82) is 0 Å². The number of methoxy groups -OCH3 is 1. The van der Waals surface area contributed by atoms with Crippen LogP contribution in [0.25, 0.3) is 6.08 Å². The van der Waals surface area contributed by atoms with Gasteiger partial charge in [-0.05, 0) is 41.5 Å². The second kappa shape index (κ2) is 10.6. The molecule has 2 aromatic carbocycles. The minimum Gasteiger partial charge on any atom is -0.494 e. The molecular formula is C23H24F4N2O3. The Labute approximate surface area is 183 Å². The lowest BCUT2D eigenvalue weighted by Gasteiger charge is -2.35. The van der Waals surface area contributed by atoms with E-state index in [4.69, 9.17) is 9.47 Å². The second-order valence-corrected chi connectivity index (χ2v) is 7.26. The Balaban J connectivity index is 1.68. The summed E-state index contributed by atoms with van der Waals surface area (Å²) >= 11 is 0. The molecule has 1 N–H and O–H groups in total. The lowest BCUT2D eigenvalue weighted by atomic mass is 10.0. The van der Waals surface area contributed by atoms with Gasteiger partial charge in [0.2, 0.25) is 5.91 Å². The smallest absolute Gasteiger partial charge is 0.416 e. The number of halogens is 4. The Hall–Kier alpha value is -2.91. The van der Waals surface area contributed by atoms with Gasteiger partial charge in [-0.25, -0.2) is 4.39 Å². The van der Waals surface area contributed by atoms with Crippen molar-refractivity contribution < 1.29 is 31.8 Å². The number of carbonyl (C=O) groups excluding carboxylic acids is 1. The van der Waals surface area contributed by atoms with Gasteiger partial charge >= 0.3 is 6.18 Å². The standard InChI is InChI=1S/C23H24F4N2O3/c1-31-21-8-2-16(14-19(21)24)3-9-22(30)28-15-20(29-10-12-32-13-11-29)17-4-6-18(7-5-17)23(25,26)27/h2-9,14,20H,10-13,15H2,1H3,(H,28,30)/b9-3+. The van der Waals surface area contributed by atoms with Crippen molar-refractivity contribution in [3.63, 3.8) is 0 Å². The Bertz CT molecular complexity index is 939. The van der Waals surface area contributed by atoms with Gasteiger partial charge in [0.1, 0.15) is 0 Å². The number of hydrogen-bond acceptors (Lipinski definition) is 4. The highest BCUT2D eigenvalue weighted by atomic mass is 19.4. The number of amides is 1. The van der Waals surface area contributed by atoms with Crippen LogP contribution >= 0.6 is 0 Å². The van der Waals surface area contributed by atoms with Gasteiger partial charge in [0, 0.05) is 25.7 Å². The minimum atomic E-state index is -4.41. The molecule has 2 aromatic rings. The van der Waals surface area contributed by atoms with Crippen LogP contribution in [0.1, 0.15) is 22.7 Å². The van der Waals surface area contributed by atoms with Crippen LogP contribution in [0.15, 0.2) is 48.5 Å². The molecule has 5 nitrogen and oxygen atoms in total. The van der Waals surface area contributed by atoms with E-state index >= 15 is 0 Å². The van der Waals surface area contributed by atoms with Crippen molar-refractivity contribution >= 4 is 12.0 Å². The average molecular weight is 452 g/mol. The van der Waals surface area contributed by atoms with Crippen LogP contribution in [0.2, 0.25) is 0 Å². The highest BCUT2D eigenvalue weighted by Crippen LogP contribution is 2.31. The SMILES string of the molecule is COc1ccc(/C=C/C(=O)NCC(c2ccc(C(F)(F)F)cc2)N2CCOCC2)cc1F. The number of nitrogens with zero attached hydrogens (tertiary/aromatic N) is 1. The van der Waals surface area contributed by atoms with Gasteiger partial charge in [-0.3, -0.25) is 9.69 Å². The third kappa shape index (κ3) is 6.30. The summed E-state index contributed by atoms with van der Waals surface area (Å²) in [7, 11) is 1.36. The monoisotopic (exact) mass is 452 g/mol. The zero-order valence-electron chi connectivity index (χ0n) is 17.5. The van der Waals surface area contributed by atoms with Gasteiger partial charge in [-0.1, -0.05) is 18.2 Å². The minimum absolute atomic E-state index is 0.108. The molecule has 3 rings (SSSR count). The maximum absolute atomic E-state index is 13.8. The maximum Gasteiger partial charge on any atom is 0.416 e. The molecule has 0 aliphatic carbocycles. The van der Waals surface area contributed by atoms with Crippen molar-refractivity contribution in [2.75, 3.05) is 40.0 Å². The molecule has 0 bridgehead atoms. The average Bonchev–Trinajstić information content (AvgIpc) is 2.78. The van der Waals surface area contributed by atoms with E-state index in [9.17, 15) is 22.4 Å². The molecule has 1 atom stereocenters. The summed E-state index contributed by atoms with van der Waals surface area (Å²) in [4.78, 5) is 14.4. The molecule has 172 valence electrons. The molecule has 1 aliphatic rings. The first kappa shape index (κ1) is 23.7. The zero-order valence-corrected chi connectivity index (χ0v) is 17.5. The van der Waals surface area contributed by atoms with Crippen LogP contribution in [0.3, 0.4) is 0 Å². The number of alkyl halides is 3. The van der Waals surface area contributed by atoms with Gasteiger partial charge in [0.05, 0.1) is 31.9 Å². The number of carbonyl (C=O) groups is 1. The van der Waals surface area contributed by atoms with E-state index in [1.165, 1.54) is 43.5 Å². The largest absolute Gasteiger partial charge is 0.494 e. The third-order valence-corrected chi connectivity index (χ3v) is 5.18. The Kier molecular flexibility index (Phi) is 7.87. The Morgan fingerprint density at radius 1 is 1.19 bits per heavy atom. The van der Waals surface area contributed by atoms with Gasteiger partial charge in [-0.2, -0.15) is 13.2 Å². The summed E-state index contributed by atoms with van der Waals surface area (Å²) < 4.78 is 62.7. The fourth-order valence-corrected chi connectivity index (χ4v) is 3.46. The zero-order chi connectivity index (χ0) is 23.1.